The highest BCUT2D eigenvalue weighted by molar-refractivity contribution is 8.13. The van der Waals surface area contributed by atoms with Gasteiger partial charge < -0.3 is 9.47 Å². The first-order chi connectivity index (χ1) is 9.75. The highest BCUT2D eigenvalue weighted by atomic mass is 35.7. The Morgan fingerprint density at radius 3 is 2.52 bits per heavy atom. The van der Waals surface area contributed by atoms with Gasteiger partial charge in [-0.1, -0.05) is 13.8 Å². The normalized spacial score (nSPS) is 11.5. The lowest BCUT2D eigenvalue weighted by Crippen LogP contribution is -2.09. The SMILES string of the molecule is CCOc1ccc(C(=O)OCCC(C)C)cc1S(=O)(=O)Cl. The molecule has 0 amide bonds. The summed E-state index contributed by atoms with van der Waals surface area (Å²) in [5, 5.41) is 0. The fourth-order valence-electron chi connectivity index (χ4n) is 1.57. The van der Waals surface area contributed by atoms with Gasteiger partial charge in [0.15, 0.2) is 0 Å². The number of hydrogen-bond donors (Lipinski definition) is 0. The molecule has 0 spiro atoms. The minimum atomic E-state index is -4.01. The molecule has 0 saturated carbocycles. The zero-order valence-electron chi connectivity index (χ0n) is 12.3. The predicted molar refractivity (Wildman–Crippen MR) is 80.4 cm³/mol. The number of carbonyl (C=O) groups excluding carboxylic acids is 1. The Morgan fingerprint density at radius 1 is 1.33 bits per heavy atom. The monoisotopic (exact) mass is 334 g/mol. The van der Waals surface area contributed by atoms with E-state index in [-0.39, 0.29) is 29.4 Å². The van der Waals surface area contributed by atoms with E-state index in [0.717, 1.165) is 6.42 Å². The summed E-state index contributed by atoms with van der Waals surface area (Å²) in [7, 11) is 1.36. The van der Waals surface area contributed by atoms with Crippen LogP contribution in [0.5, 0.6) is 5.75 Å². The minimum Gasteiger partial charge on any atom is -0.492 e. The topological polar surface area (TPSA) is 69.7 Å². The Balaban J connectivity index is 2.97. The van der Waals surface area contributed by atoms with E-state index < -0.39 is 15.0 Å². The van der Waals surface area contributed by atoms with Gasteiger partial charge in [0.25, 0.3) is 9.05 Å². The van der Waals surface area contributed by atoms with E-state index in [4.69, 9.17) is 20.2 Å². The summed E-state index contributed by atoms with van der Waals surface area (Å²) in [5.74, 6) is -0.0524. The zero-order valence-corrected chi connectivity index (χ0v) is 13.8. The molecule has 1 aromatic rings. The lowest BCUT2D eigenvalue weighted by atomic mass is 10.1. The zero-order chi connectivity index (χ0) is 16.0. The Kier molecular flexibility index (Phi) is 6.48. The van der Waals surface area contributed by atoms with E-state index in [9.17, 15) is 13.2 Å². The van der Waals surface area contributed by atoms with E-state index in [1.54, 1.807) is 6.92 Å². The second kappa shape index (κ2) is 7.66. The van der Waals surface area contributed by atoms with Crippen molar-refractivity contribution in [1.82, 2.24) is 0 Å². The van der Waals surface area contributed by atoms with Crippen LogP contribution < -0.4 is 4.74 Å². The van der Waals surface area contributed by atoms with Gasteiger partial charge in [0, 0.05) is 10.7 Å². The Morgan fingerprint density at radius 2 is 2.00 bits per heavy atom. The maximum atomic E-state index is 11.9. The fourth-order valence-corrected chi connectivity index (χ4v) is 2.57. The smallest absolute Gasteiger partial charge is 0.338 e. The van der Waals surface area contributed by atoms with Crippen LogP contribution in [0.2, 0.25) is 0 Å². The van der Waals surface area contributed by atoms with Crippen molar-refractivity contribution >= 4 is 25.7 Å². The molecular formula is C14H19ClO5S. The van der Waals surface area contributed by atoms with E-state index in [0.29, 0.717) is 5.92 Å². The molecule has 0 saturated heterocycles. The van der Waals surface area contributed by atoms with Gasteiger partial charge in [0.05, 0.1) is 18.8 Å². The molecule has 0 aliphatic heterocycles. The first kappa shape index (κ1) is 17.8. The first-order valence-electron chi connectivity index (χ1n) is 6.64. The van der Waals surface area contributed by atoms with Gasteiger partial charge in [-0.15, -0.1) is 0 Å². The van der Waals surface area contributed by atoms with Crippen molar-refractivity contribution in [3.63, 3.8) is 0 Å². The molecule has 0 aliphatic carbocycles. The predicted octanol–water partition coefficient (Wildman–Crippen LogP) is 3.22. The van der Waals surface area contributed by atoms with Crippen LogP contribution in [0, 0.1) is 5.92 Å². The molecule has 0 fully saturated rings. The third-order valence-electron chi connectivity index (χ3n) is 2.67. The van der Waals surface area contributed by atoms with Gasteiger partial charge in [-0.3, -0.25) is 0 Å². The molecular weight excluding hydrogens is 316 g/mol. The van der Waals surface area contributed by atoms with Crippen molar-refractivity contribution in [2.24, 2.45) is 5.92 Å². The highest BCUT2D eigenvalue weighted by Crippen LogP contribution is 2.28. The lowest BCUT2D eigenvalue weighted by Gasteiger charge is -2.10. The Hall–Kier alpha value is -1.27. The van der Waals surface area contributed by atoms with E-state index in [1.807, 2.05) is 13.8 Å². The van der Waals surface area contributed by atoms with Crippen molar-refractivity contribution < 1.29 is 22.7 Å². The van der Waals surface area contributed by atoms with Crippen LogP contribution in [-0.4, -0.2) is 27.6 Å². The summed E-state index contributed by atoms with van der Waals surface area (Å²) >= 11 is 0. The van der Waals surface area contributed by atoms with E-state index in [2.05, 4.69) is 0 Å². The average Bonchev–Trinajstić information content (AvgIpc) is 2.37. The molecule has 0 aliphatic rings. The van der Waals surface area contributed by atoms with Gasteiger partial charge in [-0.2, -0.15) is 0 Å². The standard InChI is InChI=1S/C14H19ClO5S/c1-4-19-12-6-5-11(9-13(12)21(15,17)18)14(16)20-8-7-10(2)3/h5-6,9-10H,4,7-8H2,1-3H3. The number of ether oxygens (including phenoxy) is 2. The van der Waals surface area contributed by atoms with Crippen molar-refractivity contribution in [1.29, 1.82) is 0 Å². The van der Waals surface area contributed by atoms with E-state index in [1.165, 1.54) is 18.2 Å². The molecule has 1 aromatic carbocycles. The molecule has 0 atom stereocenters. The molecule has 21 heavy (non-hydrogen) atoms. The Labute approximate surface area is 129 Å². The summed E-state index contributed by atoms with van der Waals surface area (Å²) in [6, 6.07) is 4.02. The van der Waals surface area contributed by atoms with Gasteiger partial charge >= 0.3 is 5.97 Å². The van der Waals surface area contributed by atoms with Crippen LogP contribution in [0.25, 0.3) is 0 Å². The second-order valence-electron chi connectivity index (χ2n) is 4.85. The van der Waals surface area contributed by atoms with Crippen LogP contribution in [0.3, 0.4) is 0 Å². The maximum Gasteiger partial charge on any atom is 0.338 e. The molecule has 0 N–H and O–H groups in total. The fraction of sp³-hybridized carbons (Fsp3) is 0.500. The molecule has 0 heterocycles. The largest absolute Gasteiger partial charge is 0.492 e. The van der Waals surface area contributed by atoms with Crippen LogP contribution >= 0.6 is 10.7 Å². The lowest BCUT2D eigenvalue weighted by molar-refractivity contribution is 0.0487. The van der Waals surface area contributed by atoms with Gasteiger partial charge in [0.1, 0.15) is 10.6 Å². The summed E-state index contributed by atoms with van der Waals surface area (Å²) in [4.78, 5) is 11.6. The van der Waals surface area contributed by atoms with Crippen molar-refractivity contribution in [2.45, 2.75) is 32.1 Å². The average molecular weight is 335 g/mol. The molecule has 7 heteroatoms. The summed E-state index contributed by atoms with van der Waals surface area (Å²) in [6.07, 6.45) is 0.740. The number of hydrogen-bond acceptors (Lipinski definition) is 5. The maximum absolute atomic E-state index is 11.9. The van der Waals surface area contributed by atoms with Crippen molar-refractivity contribution in [3.05, 3.63) is 23.8 Å². The minimum absolute atomic E-state index is 0.117. The number of halogens is 1. The third-order valence-corrected chi connectivity index (χ3v) is 4.01. The number of esters is 1. The number of carbonyl (C=O) groups is 1. The molecule has 0 bridgehead atoms. The van der Waals surface area contributed by atoms with Crippen molar-refractivity contribution in [2.75, 3.05) is 13.2 Å². The number of benzene rings is 1. The molecule has 118 valence electrons. The highest BCUT2D eigenvalue weighted by Gasteiger charge is 2.20. The van der Waals surface area contributed by atoms with E-state index >= 15 is 0 Å². The molecule has 0 unspecified atom stereocenters. The number of rotatable bonds is 7. The summed E-state index contributed by atoms with van der Waals surface area (Å²) < 4.78 is 33.4. The van der Waals surface area contributed by atoms with Gasteiger partial charge in [-0.25, -0.2) is 13.2 Å². The molecule has 5 nitrogen and oxygen atoms in total. The molecule has 1 rings (SSSR count). The molecule has 0 radical (unpaired) electrons. The van der Waals surface area contributed by atoms with Gasteiger partial charge in [0.2, 0.25) is 0 Å². The van der Waals surface area contributed by atoms with Crippen LogP contribution in [-0.2, 0) is 13.8 Å². The summed E-state index contributed by atoms with van der Waals surface area (Å²) in [5.41, 5.74) is 0.126. The van der Waals surface area contributed by atoms with Crippen molar-refractivity contribution in [3.8, 4) is 5.75 Å². The quantitative estimate of drug-likeness (QED) is 0.565. The van der Waals surface area contributed by atoms with Gasteiger partial charge in [-0.05, 0) is 37.5 Å². The second-order valence-corrected chi connectivity index (χ2v) is 7.39. The third kappa shape index (κ3) is 5.55. The van der Waals surface area contributed by atoms with Crippen LogP contribution in [0.4, 0.5) is 0 Å². The molecule has 0 aromatic heterocycles. The summed E-state index contributed by atoms with van der Waals surface area (Å²) in [6.45, 7) is 6.33. The van der Waals surface area contributed by atoms with Crippen LogP contribution in [0.1, 0.15) is 37.6 Å². The first-order valence-corrected chi connectivity index (χ1v) is 8.95. The Bertz CT molecular complexity index is 595. The van der Waals surface area contributed by atoms with Crippen LogP contribution in [0.15, 0.2) is 23.1 Å².